The van der Waals surface area contributed by atoms with Crippen molar-refractivity contribution in [3.63, 3.8) is 0 Å². The van der Waals surface area contributed by atoms with Crippen LogP contribution in [0.5, 0.6) is 0 Å². The van der Waals surface area contributed by atoms with Gasteiger partial charge in [-0.2, -0.15) is 5.26 Å². The maximum atomic E-state index is 11.8. The first kappa shape index (κ1) is 14.5. The highest BCUT2D eigenvalue weighted by atomic mass is 16.3. The number of amides is 1. The van der Waals surface area contributed by atoms with Crippen LogP contribution >= 0.6 is 0 Å². The first-order valence-electron chi connectivity index (χ1n) is 6.30. The maximum Gasteiger partial charge on any atom is 0.243 e. The molecule has 106 valence electrons. The highest BCUT2D eigenvalue weighted by Gasteiger charge is 2.06. The monoisotopic (exact) mass is 282 g/mol. The lowest BCUT2D eigenvalue weighted by Gasteiger charge is -2.10. The summed E-state index contributed by atoms with van der Waals surface area (Å²) in [7, 11) is 0. The molecule has 0 unspecified atom stereocenters. The van der Waals surface area contributed by atoms with Crippen LogP contribution < -0.4 is 10.6 Å². The van der Waals surface area contributed by atoms with Gasteiger partial charge >= 0.3 is 0 Å². The molecule has 0 atom stereocenters. The van der Waals surface area contributed by atoms with Crippen LogP contribution in [0.3, 0.4) is 0 Å². The third-order valence-corrected chi connectivity index (χ3v) is 2.82. The zero-order chi connectivity index (χ0) is 15.1. The number of anilines is 2. The first-order valence-corrected chi connectivity index (χ1v) is 6.30. The van der Waals surface area contributed by atoms with Crippen molar-refractivity contribution in [3.05, 3.63) is 53.9 Å². The van der Waals surface area contributed by atoms with E-state index < -0.39 is 0 Å². The SMILES string of the molecule is N#Cc1ccc(NCC(=O)Nc2cnccc2CO)cc1. The number of hydrogen-bond donors (Lipinski definition) is 3. The molecule has 2 aromatic rings. The van der Waals surface area contributed by atoms with E-state index in [9.17, 15) is 4.79 Å². The van der Waals surface area contributed by atoms with Crippen LogP contribution in [0.1, 0.15) is 11.1 Å². The molecular formula is C15H14N4O2. The predicted octanol–water partition coefficient (Wildman–Crippen LogP) is 1.50. The van der Waals surface area contributed by atoms with E-state index in [1.807, 2.05) is 6.07 Å². The summed E-state index contributed by atoms with van der Waals surface area (Å²) in [6, 6.07) is 10.5. The number of rotatable bonds is 5. The molecule has 3 N–H and O–H groups in total. The van der Waals surface area contributed by atoms with E-state index >= 15 is 0 Å². The van der Waals surface area contributed by atoms with Crippen LogP contribution in [0.2, 0.25) is 0 Å². The summed E-state index contributed by atoms with van der Waals surface area (Å²) in [6.45, 7) is -0.0904. The Labute approximate surface area is 122 Å². The summed E-state index contributed by atoms with van der Waals surface area (Å²) in [5.41, 5.74) is 2.41. The van der Waals surface area contributed by atoms with Crippen molar-refractivity contribution in [2.75, 3.05) is 17.2 Å². The summed E-state index contributed by atoms with van der Waals surface area (Å²) in [6.07, 6.45) is 3.04. The number of benzene rings is 1. The van der Waals surface area contributed by atoms with Crippen LogP contribution in [0, 0.1) is 11.3 Å². The fraction of sp³-hybridized carbons (Fsp3) is 0.133. The normalized spacial score (nSPS) is 9.71. The van der Waals surface area contributed by atoms with Crippen LogP contribution in [0.25, 0.3) is 0 Å². The lowest BCUT2D eigenvalue weighted by Crippen LogP contribution is -2.22. The third-order valence-electron chi connectivity index (χ3n) is 2.82. The van der Waals surface area contributed by atoms with Crippen LogP contribution in [0.15, 0.2) is 42.7 Å². The summed E-state index contributed by atoms with van der Waals surface area (Å²) in [5, 5.41) is 23.5. The standard InChI is InChI=1S/C15H14N4O2/c16-7-11-1-3-13(4-2-11)18-9-15(21)19-14-8-17-6-5-12(14)10-20/h1-6,8,18,20H,9-10H2,(H,19,21). The molecule has 0 spiro atoms. The topological polar surface area (TPSA) is 98.0 Å². The highest BCUT2D eigenvalue weighted by molar-refractivity contribution is 5.94. The molecule has 0 saturated heterocycles. The predicted molar refractivity (Wildman–Crippen MR) is 78.4 cm³/mol. The lowest BCUT2D eigenvalue weighted by atomic mass is 10.2. The van der Waals surface area contributed by atoms with Gasteiger partial charge in [0.2, 0.25) is 5.91 Å². The molecule has 6 heteroatoms. The number of hydrogen-bond acceptors (Lipinski definition) is 5. The fourth-order valence-corrected chi connectivity index (χ4v) is 1.71. The Hall–Kier alpha value is -2.91. The zero-order valence-electron chi connectivity index (χ0n) is 11.2. The number of nitriles is 1. The number of nitrogens with zero attached hydrogens (tertiary/aromatic N) is 2. The van der Waals surface area contributed by atoms with E-state index in [4.69, 9.17) is 10.4 Å². The summed E-state index contributed by atoms with van der Waals surface area (Å²) in [5.74, 6) is -0.248. The van der Waals surface area contributed by atoms with Gasteiger partial charge in [-0.1, -0.05) is 0 Å². The first-order chi connectivity index (χ1) is 10.2. The molecule has 0 aliphatic carbocycles. The average molecular weight is 282 g/mol. The smallest absolute Gasteiger partial charge is 0.243 e. The molecule has 1 amide bonds. The quantitative estimate of drug-likeness (QED) is 0.772. The van der Waals surface area contributed by atoms with Crippen LogP contribution in [-0.2, 0) is 11.4 Å². The van der Waals surface area contributed by atoms with Gasteiger partial charge in [-0.3, -0.25) is 9.78 Å². The Morgan fingerprint density at radius 3 is 2.71 bits per heavy atom. The van der Waals surface area contributed by atoms with E-state index in [0.29, 0.717) is 16.8 Å². The van der Waals surface area contributed by atoms with E-state index in [0.717, 1.165) is 5.69 Å². The van der Waals surface area contributed by atoms with Gasteiger partial charge in [0.25, 0.3) is 0 Å². The second kappa shape index (κ2) is 7.03. The van der Waals surface area contributed by atoms with E-state index in [2.05, 4.69) is 15.6 Å². The number of aliphatic hydroxyl groups excluding tert-OH is 1. The van der Waals surface area contributed by atoms with Crippen molar-refractivity contribution in [1.29, 1.82) is 5.26 Å². The molecule has 1 aromatic heterocycles. The minimum Gasteiger partial charge on any atom is -0.392 e. The third kappa shape index (κ3) is 4.03. The zero-order valence-corrected chi connectivity index (χ0v) is 11.2. The molecule has 0 bridgehead atoms. The number of aliphatic hydroxyl groups is 1. The second-order valence-corrected chi connectivity index (χ2v) is 4.28. The van der Waals surface area contributed by atoms with E-state index in [1.165, 1.54) is 6.20 Å². The van der Waals surface area contributed by atoms with Gasteiger partial charge in [-0.25, -0.2) is 0 Å². The van der Waals surface area contributed by atoms with Crippen LogP contribution in [-0.4, -0.2) is 22.5 Å². The lowest BCUT2D eigenvalue weighted by molar-refractivity contribution is -0.114. The number of nitrogens with one attached hydrogen (secondary N) is 2. The molecule has 6 nitrogen and oxygen atoms in total. The van der Waals surface area contributed by atoms with Crippen molar-refractivity contribution in [1.82, 2.24) is 4.98 Å². The van der Waals surface area contributed by atoms with Crippen molar-refractivity contribution >= 4 is 17.3 Å². The molecule has 1 aromatic carbocycles. The van der Waals surface area contributed by atoms with Gasteiger partial charge in [0.15, 0.2) is 0 Å². The average Bonchev–Trinajstić information content (AvgIpc) is 2.54. The fourth-order valence-electron chi connectivity index (χ4n) is 1.71. The minimum absolute atomic E-state index is 0.0751. The maximum absolute atomic E-state index is 11.8. The van der Waals surface area contributed by atoms with Gasteiger partial charge in [-0.15, -0.1) is 0 Å². The van der Waals surface area contributed by atoms with E-state index in [-0.39, 0.29) is 19.1 Å². The van der Waals surface area contributed by atoms with Gasteiger partial charge in [0.1, 0.15) is 0 Å². The summed E-state index contributed by atoms with van der Waals surface area (Å²) >= 11 is 0. The number of carbonyl (C=O) groups is 1. The molecule has 0 saturated carbocycles. The van der Waals surface area contributed by atoms with Crippen molar-refractivity contribution in [2.24, 2.45) is 0 Å². The Morgan fingerprint density at radius 2 is 2.05 bits per heavy atom. The largest absolute Gasteiger partial charge is 0.392 e. The molecular weight excluding hydrogens is 268 g/mol. The van der Waals surface area contributed by atoms with Gasteiger partial charge in [0.05, 0.1) is 36.7 Å². The molecule has 21 heavy (non-hydrogen) atoms. The van der Waals surface area contributed by atoms with E-state index in [1.54, 1.807) is 36.5 Å². The molecule has 0 radical (unpaired) electrons. The molecule has 1 heterocycles. The Morgan fingerprint density at radius 1 is 1.29 bits per heavy atom. The number of aromatic nitrogens is 1. The second-order valence-electron chi connectivity index (χ2n) is 4.28. The molecule has 0 aliphatic rings. The molecule has 0 aliphatic heterocycles. The highest BCUT2D eigenvalue weighted by Crippen LogP contribution is 2.13. The number of carbonyl (C=O) groups excluding carboxylic acids is 1. The van der Waals surface area contributed by atoms with Crippen molar-refractivity contribution in [3.8, 4) is 6.07 Å². The summed E-state index contributed by atoms with van der Waals surface area (Å²) < 4.78 is 0. The Bertz CT molecular complexity index is 662. The Kier molecular flexibility index (Phi) is 4.85. The summed E-state index contributed by atoms with van der Waals surface area (Å²) in [4.78, 5) is 15.7. The van der Waals surface area contributed by atoms with Gasteiger partial charge < -0.3 is 15.7 Å². The number of pyridine rings is 1. The molecule has 0 fully saturated rings. The Balaban J connectivity index is 1.91. The van der Waals surface area contributed by atoms with Crippen LogP contribution in [0.4, 0.5) is 11.4 Å². The van der Waals surface area contributed by atoms with Crippen molar-refractivity contribution < 1.29 is 9.90 Å². The van der Waals surface area contributed by atoms with Gasteiger partial charge in [-0.05, 0) is 30.3 Å². The van der Waals surface area contributed by atoms with Gasteiger partial charge in [0, 0.05) is 17.4 Å². The minimum atomic E-state index is -0.248. The van der Waals surface area contributed by atoms with Crippen molar-refractivity contribution in [2.45, 2.75) is 6.61 Å². The molecule has 2 rings (SSSR count).